The molecule has 0 aliphatic carbocycles. The van der Waals surface area contributed by atoms with Crippen molar-refractivity contribution in [2.45, 2.75) is 18.8 Å². The van der Waals surface area contributed by atoms with Crippen LogP contribution in [0, 0.1) is 0 Å². The number of benzene rings is 1. The second-order valence-electron chi connectivity index (χ2n) is 4.07. The summed E-state index contributed by atoms with van der Waals surface area (Å²) in [5, 5.41) is 0.808. The molecule has 1 fully saturated rings. The molecular weight excluding hydrogens is 284 g/mol. The molecule has 0 N–H and O–H groups in total. The number of rotatable bonds is 5. The van der Waals surface area contributed by atoms with Gasteiger partial charge in [0.25, 0.3) is 0 Å². The van der Waals surface area contributed by atoms with Crippen molar-refractivity contribution in [2.75, 3.05) is 25.2 Å². The number of hydrogen-bond donors (Lipinski definition) is 0. The van der Waals surface area contributed by atoms with Crippen molar-refractivity contribution in [1.82, 2.24) is 0 Å². The maximum atomic E-state index is 5.78. The summed E-state index contributed by atoms with van der Waals surface area (Å²) < 4.78 is 16.9. The molecule has 0 saturated carbocycles. The average molecular weight is 301 g/mol. The molecule has 1 saturated heterocycles. The lowest BCUT2D eigenvalue weighted by atomic mass is 10.2. The molecule has 1 aliphatic heterocycles. The third kappa shape index (κ3) is 4.39. The first-order valence-electron chi connectivity index (χ1n) is 5.79. The van der Waals surface area contributed by atoms with Crippen molar-refractivity contribution in [3.63, 3.8) is 0 Å². The zero-order valence-electron chi connectivity index (χ0n) is 9.68. The molecule has 0 aromatic heterocycles. The van der Waals surface area contributed by atoms with E-state index < -0.39 is 0 Å². The number of halogens is 1. The Morgan fingerprint density at radius 2 is 1.94 bits per heavy atom. The highest BCUT2D eigenvalue weighted by atomic mass is 79.9. The fourth-order valence-electron chi connectivity index (χ4n) is 1.73. The number of hydrogen-bond acceptors (Lipinski definition) is 3. The van der Waals surface area contributed by atoms with Gasteiger partial charge in [-0.2, -0.15) is 0 Å². The van der Waals surface area contributed by atoms with Gasteiger partial charge >= 0.3 is 0 Å². The molecule has 2 unspecified atom stereocenters. The van der Waals surface area contributed by atoms with E-state index in [0.717, 1.165) is 5.33 Å². The first-order valence-corrected chi connectivity index (χ1v) is 6.91. The van der Waals surface area contributed by atoms with Crippen LogP contribution in [0.5, 0.6) is 0 Å². The van der Waals surface area contributed by atoms with Crippen LogP contribution in [-0.2, 0) is 20.8 Å². The molecule has 1 heterocycles. The van der Waals surface area contributed by atoms with Gasteiger partial charge in [-0.1, -0.05) is 46.3 Å². The van der Waals surface area contributed by atoms with Gasteiger partial charge < -0.3 is 14.2 Å². The molecule has 94 valence electrons. The van der Waals surface area contributed by atoms with Crippen molar-refractivity contribution < 1.29 is 14.2 Å². The van der Waals surface area contributed by atoms with E-state index in [1.165, 1.54) is 5.56 Å². The van der Waals surface area contributed by atoms with Crippen LogP contribution in [0.3, 0.4) is 0 Å². The van der Waals surface area contributed by atoms with Crippen molar-refractivity contribution >= 4 is 15.9 Å². The van der Waals surface area contributed by atoms with Crippen LogP contribution in [0.2, 0.25) is 0 Å². The van der Waals surface area contributed by atoms with Crippen molar-refractivity contribution in [3.05, 3.63) is 35.9 Å². The van der Waals surface area contributed by atoms with E-state index in [1.807, 2.05) is 18.2 Å². The largest absolute Gasteiger partial charge is 0.376 e. The van der Waals surface area contributed by atoms with Gasteiger partial charge in [-0.3, -0.25) is 0 Å². The first-order chi connectivity index (χ1) is 8.38. The van der Waals surface area contributed by atoms with Crippen molar-refractivity contribution in [1.29, 1.82) is 0 Å². The van der Waals surface area contributed by atoms with E-state index in [2.05, 4.69) is 28.1 Å². The third-order valence-corrected chi connectivity index (χ3v) is 3.30. The molecule has 3 nitrogen and oxygen atoms in total. The zero-order valence-corrected chi connectivity index (χ0v) is 11.3. The molecule has 2 rings (SSSR count). The molecule has 4 heteroatoms. The van der Waals surface area contributed by atoms with Gasteiger partial charge in [-0.25, -0.2) is 0 Å². The second kappa shape index (κ2) is 7.11. The summed E-state index contributed by atoms with van der Waals surface area (Å²) in [4.78, 5) is 0. The van der Waals surface area contributed by atoms with E-state index in [0.29, 0.717) is 26.4 Å². The molecular formula is C13H17BrO3. The summed E-state index contributed by atoms with van der Waals surface area (Å²) in [6.07, 6.45) is 0.198. The summed E-state index contributed by atoms with van der Waals surface area (Å²) in [5.74, 6) is 0. The lowest BCUT2D eigenvalue weighted by molar-refractivity contribution is -0.150. The Labute approximate surface area is 110 Å². The van der Waals surface area contributed by atoms with E-state index in [-0.39, 0.29) is 12.2 Å². The monoisotopic (exact) mass is 300 g/mol. The van der Waals surface area contributed by atoms with Gasteiger partial charge in [0.1, 0.15) is 6.10 Å². The summed E-state index contributed by atoms with van der Waals surface area (Å²) in [5.41, 5.74) is 1.18. The molecule has 0 amide bonds. The zero-order chi connectivity index (χ0) is 11.9. The fourth-order valence-corrected chi connectivity index (χ4v) is 2.07. The summed E-state index contributed by atoms with van der Waals surface area (Å²) in [6, 6.07) is 10.1. The molecule has 17 heavy (non-hydrogen) atoms. The number of ether oxygens (including phenoxy) is 3. The van der Waals surface area contributed by atoms with Crippen LogP contribution in [0.25, 0.3) is 0 Å². The molecule has 1 aromatic rings. The van der Waals surface area contributed by atoms with E-state index in [9.17, 15) is 0 Å². The van der Waals surface area contributed by atoms with Crippen LogP contribution in [0.1, 0.15) is 5.56 Å². The standard InChI is InChI=1S/C13H17BrO3/c14-6-12-8-16-10-13(17-12)9-15-7-11-4-2-1-3-5-11/h1-5,12-13H,6-10H2. The van der Waals surface area contributed by atoms with Crippen LogP contribution >= 0.6 is 15.9 Å². The third-order valence-electron chi connectivity index (χ3n) is 2.58. The average Bonchev–Trinajstić information content (AvgIpc) is 2.40. The topological polar surface area (TPSA) is 27.7 Å². The summed E-state index contributed by atoms with van der Waals surface area (Å²) in [6.45, 7) is 2.50. The molecule has 0 spiro atoms. The quantitative estimate of drug-likeness (QED) is 0.782. The second-order valence-corrected chi connectivity index (χ2v) is 4.72. The van der Waals surface area contributed by atoms with Crippen molar-refractivity contribution in [2.24, 2.45) is 0 Å². The van der Waals surface area contributed by atoms with Crippen LogP contribution in [0.4, 0.5) is 0 Å². The Bertz CT molecular complexity index is 318. The van der Waals surface area contributed by atoms with Gasteiger partial charge in [0.05, 0.1) is 32.5 Å². The summed E-state index contributed by atoms with van der Waals surface area (Å²) in [7, 11) is 0. The number of alkyl halides is 1. The molecule has 1 aliphatic rings. The maximum Gasteiger partial charge on any atom is 0.105 e. The van der Waals surface area contributed by atoms with Crippen LogP contribution < -0.4 is 0 Å². The Morgan fingerprint density at radius 3 is 2.71 bits per heavy atom. The van der Waals surface area contributed by atoms with Crippen LogP contribution in [0.15, 0.2) is 30.3 Å². The van der Waals surface area contributed by atoms with E-state index in [1.54, 1.807) is 0 Å². The van der Waals surface area contributed by atoms with Gasteiger partial charge in [-0.15, -0.1) is 0 Å². The lowest BCUT2D eigenvalue weighted by Gasteiger charge is -2.28. The summed E-state index contributed by atoms with van der Waals surface area (Å²) >= 11 is 3.40. The Kier molecular flexibility index (Phi) is 5.45. The smallest absolute Gasteiger partial charge is 0.105 e. The minimum atomic E-state index is 0.0509. The molecule has 2 atom stereocenters. The van der Waals surface area contributed by atoms with Crippen molar-refractivity contribution in [3.8, 4) is 0 Å². The minimum absolute atomic E-state index is 0.0509. The van der Waals surface area contributed by atoms with Gasteiger partial charge in [0.2, 0.25) is 0 Å². The highest BCUT2D eigenvalue weighted by Gasteiger charge is 2.22. The fraction of sp³-hybridized carbons (Fsp3) is 0.538. The first kappa shape index (κ1) is 13.0. The van der Waals surface area contributed by atoms with Crippen LogP contribution in [-0.4, -0.2) is 37.4 Å². The SMILES string of the molecule is BrCC1COCC(COCc2ccccc2)O1. The van der Waals surface area contributed by atoms with E-state index in [4.69, 9.17) is 14.2 Å². The normalized spacial score (nSPS) is 24.8. The Hall–Kier alpha value is -0.420. The molecule has 0 bridgehead atoms. The Morgan fingerprint density at radius 1 is 1.18 bits per heavy atom. The van der Waals surface area contributed by atoms with Gasteiger partial charge in [-0.05, 0) is 5.56 Å². The minimum Gasteiger partial charge on any atom is -0.376 e. The maximum absolute atomic E-state index is 5.78. The lowest BCUT2D eigenvalue weighted by Crippen LogP contribution is -2.39. The highest BCUT2D eigenvalue weighted by Crippen LogP contribution is 2.11. The molecule has 1 aromatic carbocycles. The van der Waals surface area contributed by atoms with E-state index >= 15 is 0 Å². The predicted octanol–water partition coefficient (Wildman–Crippen LogP) is 2.38. The van der Waals surface area contributed by atoms with Gasteiger partial charge in [0.15, 0.2) is 0 Å². The highest BCUT2D eigenvalue weighted by molar-refractivity contribution is 9.09. The van der Waals surface area contributed by atoms with Gasteiger partial charge in [0, 0.05) is 5.33 Å². The predicted molar refractivity (Wildman–Crippen MR) is 69.4 cm³/mol. The Balaban J connectivity index is 1.68. The molecule has 0 radical (unpaired) electrons.